The van der Waals surface area contributed by atoms with Crippen molar-refractivity contribution >= 4 is 0 Å². The molecule has 2 aromatic carbocycles. The van der Waals surface area contributed by atoms with Crippen LogP contribution in [0.3, 0.4) is 0 Å². The van der Waals surface area contributed by atoms with Crippen molar-refractivity contribution in [3.05, 3.63) is 71.8 Å². The van der Waals surface area contributed by atoms with Gasteiger partial charge in [0, 0.05) is 38.0 Å². The normalized spacial score (nSPS) is 22.3. The highest BCUT2D eigenvalue weighted by molar-refractivity contribution is 5.31. The Morgan fingerprint density at radius 1 is 0.818 bits per heavy atom. The molecule has 3 rings (SSSR count). The largest absolute Gasteiger partial charge is 0.308 e. The molecule has 1 fully saturated rings. The molecule has 0 unspecified atom stereocenters. The third kappa shape index (κ3) is 3.57. The molecule has 0 saturated carbocycles. The molecule has 22 heavy (non-hydrogen) atoms. The minimum Gasteiger partial charge on any atom is -0.308 e. The third-order valence-electron chi connectivity index (χ3n) is 4.71. The van der Waals surface area contributed by atoms with Crippen LogP contribution in [-0.4, -0.2) is 50.1 Å². The molecule has 2 heteroatoms. The Kier molecular flexibility index (Phi) is 4.91. The van der Waals surface area contributed by atoms with E-state index >= 15 is 0 Å². The van der Waals surface area contributed by atoms with Crippen LogP contribution in [0.1, 0.15) is 23.0 Å². The highest BCUT2D eigenvalue weighted by Gasteiger charge is 2.34. The number of rotatable bonds is 5. The van der Waals surface area contributed by atoms with Crippen LogP contribution in [-0.2, 0) is 0 Å². The van der Waals surface area contributed by atoms with Gasteiger partial charge >= 0.3 is 0 Å². The Labute approximate surface area is 134 Å². The smallest absolute Gasteiger partial charge is 0.0110 e. The Hall–Kier alpha value is -1.64. The first-order chi connectivity index (χ1) is 10.7. The van der Waals surface area contributed by atoms with Crippen LogP contribution in [0.25, 0.3) is 0 Å². The van der Waals surface area contributed by atoms with Gasteiger partial charge in [-0.2, -0.15) is 0 Å². The van der Waals surface area contributed by atoms with E-state index in [-0.39, 0.29) is 0 Å². The summed E-state index contributed by atoms with van der Waals surface area (Å²) in [6, 6.07) is 22.0. The maximum absolute atomic E-state index is 2.62. The fraction of sp³-hybridized carbons (Fsp3) is 0.400. The van der Waals surface area contributed by atoms with Crippen LogP contribution < -0.4 is 0 Å². The lowest BCUT2D eigenvalue weighted by atomic mass is 9.84. The van der Waals surface area contributed by atoms with Gasteiger partial charge in [-0.25, -0.2) is 0 Å². The van der Waals surface area contributed by atoms with Crippen LogP contribution in [0.15, 0.2) is 60.7 Å². The summed E-state index contributed by atoms with van der Waals surface area (Å²) in [5.74, 6) is 1.21. The van der Waals surface area contributed by atoms with Gasteiger partial charge in [-0.05, 0) is 25.2 Å². The van der Waals surface area contributed by atoms with E-state index in [1.165, 1.54) is 11.1 Å². The standard InChI is InChI=1S/C20H26N2/c1-21(2)13-14-22-15-19(17-9-5-3-6-10-17)20(16-22)18-11-7-4-8-12-18/h3-12,19-20H,13-16H2,1-2H3/t19-,20-/m0/s1. The number of hydrogen-bond acceptors (Lipinski definition) is 2. The van der Waals surface area contributed by atoms with Gasteiger partial charge in [0.1, 0.15) is 0 Å². The summed E-state index contributed by atoms with van der Waals surface area (Å²) in [5, 5.41) is 0. The average molecular weight is 294 g/mol. The molecular formula is C20H26N2. The van der Waals surface area contributed by atoms with Gasteiger partial charge in [-0.1, -0.05) is 60.7 Å². The number of likely N-dealkylation sites (tertiary alicyclic amines) is 1. The summed E-state index contributed by atoms with van der Waals surface area (Å²) in [6.45, 7) is 4.61. The van der Waals surface area contributed by atoms with Crippen molar-refractivity contribution < 1.29 is 0 Å². The lowest BCUT2D eigenvalue weighted by Gasteiger charge is -2.19. The highest BCUT2D eigenvalue weighted by Crippen LogP contribution is 2.39. The molecule has 1 heterocycles. The fourth-order valence-corrected chi connectivity index (χ4v) is 3.49. The topological polar surface area (TPSA) is 6.48 Å². The van der Waals surface area contributed by atoms with Crippen molar-refractivity contribution in [2.45, 2.75) is 11.8 Å². The highest BCUT2D eigenvalue weighted by atomic mass is 15.2. The van der Waals surface area contributed by atoms with Crippen molar-refractivity contribution in [2.75, 3.05) is 40.3 Å². The molecule has 0 spiro atoms. The Morgan fingerprint density at radius 2 is 1.27 bits per heavy atom. The van der Waals surface area contributed by atoms with E-state index in [9.17, 15) is 0 Å². The summed E-state index contributed by atoms with van der Waals surface area (Å²) >= 11 is 0. The minimum atomic E-state index is 0.603. The second-order valence-electron chi connectivity index (χ2n) is 6.60. The molecule has 0 aromatic heterocycles. The molecule has 0 aliphatic carbocycles. The molecule has 0 radical (unpaired) electrons. The van der Waals surface area contributed by atoms with E-state index in [1.807, 2.05) is 0 Å². The van der Waals surface area contributed by atoms with Gasteiger partial charge in [0.15, 0.2) is 0 Å². The quantitative estimate of drug-likeness (QED) is 0.833. The number of benzene rings is 2. The van der Waals surface area contributed by atoms with Gasteiger partial charge in [0.25, 0.3) is 0 Å². The molecule has 1 saturated heterocycles. The van der Waals surface area contributed by atoms with E-state index in [2.05, 4.69) is 84.6 Å². The molecular weight excluding hydrogens is 268 g/mol. The first-order valence-electron chi connectivity index (χ1n) is 8.21. The molecule has 116 valence electrons. The maximum Gasteiger partial charge on any atom is 0.0110 e. The number of nitrogens with zero attached hydrogens (tertiary/aromatic N) is 2. The SMILES string of the molecule is CN(C)CCN1C[C@@H](c2ccccc2)[C@H](c2ccccc2)C1. The summed E-state index contributed by atoms with van der Waals surface area (Å²) in [4.78, 5) is 4.89. The molecule has 2 atom stereocenters. The molecule has 0 amide bonds. The number of hydrogen-bond donors (Lipinski definition) is 0. The monoisotopic (exact) mass is 294 g/mol. The van der Waals surface area contributed by atoms with Gasteiger partial charge in [-0.15, -0.1) is 0 Å². The van der Waals surface area contributed by atoms with Crippen LogP contribution in [0.4, 0.5) is 0 Å². The first kappa shape index (κ1) is 15.3. The zero-order chi connectivity index (χ0) is 15.4. The summed E-state index contributed by atoms with van der Waals surface area (Å²) in [6.07, 6.45) is 0. The second kappa shape index (κ2) is 7.08. The average Bonchev–Trinajstić information content (AvgIpc) is 2.99. The van der Waals surface area contributed by atoms with Crippen LogP contribution in [0.2, 0.25) is 0 Å². The predicted molar refractivity (Wildman–Crippen MR) is 93.4 cm³/mol. The van der Waals surface area contributed by atoms with Gasteiger partial charge < -0.3 is 9.80 Å². The van der Waals surface area contributed by atoms with Gasteiger partial charge in [0.2, 0.25) is 0 Å². The Balaban J connectivity index is 1.81. The summed E-state index contributed by atoms with van der Waals surface area (Å²) < 4.78 is 0. The zero-order valence-electron chi connectivity index (χ0n) is 13.7. The molecule has 1 aliphatic rings. The lowest BCUT2D eigenvalue weighted by Crippen LogP contribution is -2.30. The fourth-order valence-electron chi connectivity index (χ4n) is 3.49. The van der Waals surface area contributed by atoms with E-state index in [0.29, 0.717) is 11.8 Å². The molecule has 0 bridgehead atoms. The van der Waals surface area contributed by atoms with Crippen molar-refractivity contribution in [3.63, 3.8) is 0 Å². The predicted octanol–water partition coefficient (Wildman–Crippen LogP) is 3.43. The summed E-state index contributed by atoms with van der Waals surface area (Å²) in [5.41, 5.74) is 2.95. The van der Waals surface area contributed by atoms with Crippen molar-refractivity contribution in [3.8, 4) is 0 Å². The third-order valence-corrected chi connectivity index (χ3v) is 4.71. The Bertz CT molecular complexity index is 517. The van der Waals surface area contributed by atoms with E-state index in [0.717, 1.165) is 26.2 Å². The first-order valence-corrected chi connectivity index (χ1v) is 8.21. The van der Waals surface area contributed by atoms with E-state index < -0.39 is 0 Å². The maximum atomic E-state index is 2.62. The van der Waals surface area contributed by atoms with Crippen LogP contribution in [0, 0.1) is 0 Å². The molecule has 2 aromatic rings. The molecule has 1 aliphatic heterocycles. The second-order valence-corrected chi connectivity index (χ2v) is 6.60. The van der Waals surface area contributed by atoms with Gasteiger partial charge in [0.05, 0.1) is 0 Å². The van der Waals surface area contributed by atoms with E-state index in [4.69, 9.17) is 0 Å². The van der Waals surface area contributed by atoms with Gasteiger partial charge in [-0.3, -0.25) is 0 Å². The Morgan fingerprint density at radius 3 is 1.68 bits per heavy atom. The molecule has 2 nitrogen and oxygen atoms in total. The van der Waals surface area contributed by atoms with Crippen molar-refractivity contribution in [1.29, 1.82) is 0 Å². The zero-order valence-corrected chi connectivity index (χ0v) is 13.7. The molecule has 0 N–H and O–H groups in total. The van der Waals surface area contributed by atoms with Crippen LogP contribution >= 0.6 is 0 Å². The minimum absolute atomic E-state index is 0.603. The van der Waals surface area contributed by atoms with Crippen molar-refractivity contribution in [1.82, 2.24) is 9.80 Å². The lowest BCUT2D eigenvalue weighted by molar-refractivity contribution is 0.279. The van der Waals surface area contributed by atoms with Crippen LogP contribution in [0.5, 0.6) is 0 Å². The van der Waals surface area contributed by atoms with E-state index in [1.54, 1.807) is 0 Å². The number of likely N-dealkylation sites (N-methyl/N-ethyl adjacent to an activating group) is 1. The summed E-state index contributed by atoms with van der Waals surface area (Å²) in [7, 11) is 4.30. The van der Waals surface area contributed by atoms with Crippen molar-refractivity contribution in [2.24, 2.45) is 0 Å².